The van der Waals surface area contributed by atoms with Gasteiger partial charge in [0.05, 0.1) is 17.3 Å². The van der Waals surface area contributed by atoms with E-state index in [9.17, 15) is 9.59 Å². The number of carbonyl (C=O) groups excluding carboxylic acids is 2. The molecule has 1 aliphatic rings. The highest BCUT2D eigenvalue weighted by Crippen LogP contribution is 2.37. The van der Waals surface area contributed by atoms with E-state index < -0.39 is 5.91 Å². The van der Waals surface area contributed by atoms with Crippen molar-refractivity contribution in [2.24, 2.45) is 5.73 Å². The maximum absolute atomic E-state index is 11.4. The Morgan fingerprint density at radius 3 is 2.77 bits per heavy atom. The van der Waals surface area contributed by atoms with E-state index in [4.69, 9.17) is 10.5 Å². The van der Waals surface area contributed by atoms with Crippen LogP contribution in [-0.2, 0) is 6.54 Å². The van der Waals surface area contributed by atoms with Crippen LogP contribution in [0.5, 0.6) is 5.75 Å². The summed E-state index contributed by atoms with van der Waals surface area (Å²) in [6.07, 6.45) is 3.47. The zero-order valence-corrected chi connectivity index (χ0v) is 17.4. The number of nitrogens with two attached hydrogens (primary N) is 1. The summed E-state index contributed by atoms with van der Waals surface area (Å²) in [6, 6.07) is 5.29. The number of aldehydes is 1. The molecule has 3 aromatic rings. The smallest absolute Gasteiger partial charge is 0.248 e. The summed E-state index contributed by atoms with van der Waals surface area (Å²) in [4.78, 5) is 26.2. The number of allylic oxidation sites excluding steroid dienone is 1. The van der Waals surface area contributed by atoms with Crippen LogP contribution in [0.2, 0.25) is 0 Å². The first-order valence-corrected chi connectivity index (χ1v) is 9.70. The number of carbonyl (C=O) groups is 2. The van der Waals surface area contributed by atoms with Gasteiger partial charge in [0.15, 0.2) is 6.29 Å². The fourth-order valence-electron chi connectivity index (χ4n) is 3.52. The minimum atomic E-state index is -0.486. The monoisotopic (exact) mass is 410 g/mol. The Kier molecular flexibility index (Phi) is 6.20. The standard InChI is InChI=1S/C14H16N4O2.C7H10N2O/c1-3-4-9-7-20-11-6-8(13(15)19)5-10-12(11)18(9)14(16-2)17-10;1-3-9-7(5-10)4-6(2)8-9/h3,5-6,9H,1,4,7H2,2H3,(H2,15,19)(H,16,17);4-5H,3H2,1-2H3/t9-;/m1./s1. The van der Waals surface area contributed by atoms with Gasteiger partial charge in [0.2, 0.25) is 11.9 Å². The number of nitrogens with zero attached hydrogens (tertiary/aromatic N) is 4. The molecule has 0 saturated carbocycles. The van der Waals surface area contributed by atoms with Gasteiger partial charge >= 0.3 is 0 Å². The SMILES string of the molecule is C=CC[C@@H]1COc2cc(C(N)=O)cc3nc(NC)n1c23.CCn1nc(C)cc1C=O. The van der Waals surface area contributed by atoms with Gasteiger partial charge in [-0.15, -0.1) is 6.58 Å². The fraction of sp³-hybridized carbons (Fsp3) is 0.333. The van der Waals surface area contributed by atoms with Crippen LogP contribution in [-0.4, -0.2) is 45.2 Å². The molecule has 9 nitrogen and oxygen atoms in total. The van der Waals surface area contributed by atoms with Crippen molar-refractivity contribution >= 4 is 29.2 Å². The van der Waals surface area contributed by atoms with Gasteiger partial charge in [-0.25, -0.2) is 4.98 Å². The molecule has 158 valence electrons. The molecule has 0 radical (unpaired) electrons. The van der Waals surface area contributed by atoms with E-state index in [-0.39, 0.29) is 6.04 Å². The number of rotatable bonds is 6. The number of aryl methyl sites for hydroxylation is 2. The van der Waals surface area contributed by atoms with Gasteiger partial charge in [0.25, 0.3) is 0 Å². The average molecular weight is 410 g/mol. The number of nitrogens with one attached hydrogen (secondary N) is 1. The molecular formula is C21H26N6O3. The van der Waals surface area contributed by atoms with E-state index in [1.165, 1.54) is 0 Å². The molecule has 3 heterocycles. The lowest BCUT2D eigenvalue weighted by Gasteiger charge is -2.26. The van der Waals surface area contributed by atoms with E-state index in [1.54, 1.807) is 22.9 Å². The van der Waals surface area contributed by atoms with Gasteiger partial charge in [-0.05, 0) is 38.5 Å². The maximum Gasteiger partial charge on any atom is 0.248 e. The van der Waals surface area contributed by atoms with Crippen molar-refractivity contribution in [3.8, 4) is 5.75 Å². The van der Waals surface area contributed by atoms with E-state index in [1.807, 2.05) is 27.0 Å². The predicted octanol–water partition coefficient (Wildman–Crippen LogP) is 2.71. The second-order valence-corrected chi connectivity index (χ2v) is 6.90. The third-order valence-electron chi connectivity index (χ3n) is 4.85. The van der Waals surface area contributed by atoms with Crippen molar-refractivity contribution in [1.29, 1.82) is 0 Å². The lowest BCUT2D eigenvalue weighted by atomic mass is 10.1. The number of hydrogen-bond donors (Lipinski definition) is 2. The molecule has 30 heavy (non-hydrogen) atoms. The molecule has 3 N–H and O–H groups in total. The normalized spacial score (nSPS) is 14.4. The van der Waals surface area contributed by atoms with E-state index in [0.717, 1.165) is 36.4 Å². The Balaban J connectivity index is 0.000000216. The zero-order chi connectivity index (χ0) is 21.8. The van der Waals surface area contributed by atoms with Gasteiger partial charge < -0.3 is 20.4 Å². The van der Waals surface area contributed by atoms with E-state index in [2.05, 4.69) is 26.5 Å². The maximum atomic E-state index is 11.4. The van der Waals surface area contributed by atoms with E-state index >= 15 is 0 Å². The average Bonchev–Trinajstić information content (AvgIpc) is 3.31. The molecule has 0 spiro atoms. The third kappa shape index (κ3) is 3.91. The van der Waals surface area contributed by atoms with Gasteiger partial charge in [0.1, 0.15) is 23.6 Å². The highest BCUT2D eigenvalue weighted by Gasteiger charge is 2.26. The quantitative estimate of drug-likeness (QED) is 0.477. The Bertz CT molecular complexity index is 1100. The van der Waals surface area contributed by atoms with Crippen molar-refractivity contribution in [2.75, 3.05) is 19.0 Å². The molecular weight excluding hydrogens is 384 g/mol. The second kappa shape index (κ2) is 8.81. The summed E-state index contributed by atoms with van der Waals surface area (Å²) in [5.41, 5.74) is 8.88. The van der Waals surface area contributed by atoms with Crippen LogP contribution in [0, 0.1) is 6.92 Å². The molecule has 2 aromatic heterocycles. The number of imidazole rings is 1. The number of primary amides is 1. The minimum absolute atomic E-state index is 0.145. The molecule has 9 heteroatoms. The van der Waals surface area contributed by atoms with Crippen LogP contribution in [0.1, 0.15) is 45.9 Å². The number of hydrogen-bond acceptors (Lipinski definition) is 6. The molecule has 1 aliphatic heterocycles. The fourth-order valence-corrected chi connectivity index (χ4v) is 3.52. The van der Waals surface area contributed by atoms with Crippen molar-refractivity contribution in [3.63, 3.8) is 0 Å². The largest absolute Gasteiger partial charge is 0.489 e. The van der Waals surface area contributed by atoms with Crippen molar-refractivity contribution in [2.45, 2.75) is 32.9 Å². The first-order valence-electron chi connectivity index (χ1n) is 9.70. The first kappa shape index (κ1) is 21.1. The number of ether oxygens (including phenoxy) is 1. The van der Waals surface area contributed by atoms with Crippen LogP contribution in [0.4, 0.5) is 5.95 Å². The molecule has 1 aromatic carbocycles. The third-order valence-corrected chi connectivity index (χ3v) is 4.85. The molecule has 4 rings (SSSR count). The molecule has 0 aliphatic carbocycles. The summed E-state index contributed by atoms with van der Waals surface area (Å²) in [5, 5.41) is 7.17. The van der Waals surface area contributed by atoms with E-state index in [0.29, 0.717) is 29.1 Å². The van der Waals surface area contributed by atoms with Crippen LogP contribution in [0.3, 0.4) is 0 Å². The van der Waals surface area contributed by atoms with Gasteiger partial charge in [0, 0.05) is 19.2 Å². The molecule has 0 fully saturated rings. The van der Waals surface area contributed by atoms with Gasteiger partial charge in [-0.2, -0.15) is 5.10 Å². The number of anilines is 1. The predicted molar refractivity (Wildman–Crippen MR) is 115 cm³/mol. The highest BCUT2D eigenvalue weighted by atomic mass is 16.5. The van der Waals surface area contributed by atoms with Crippen molar-refractivity contribution in [3.05, 3.63) is 47.8 Å². The van der Waals surface area contributed by atoms with Gasteiger partial charge in [-0.1, -0.05) is 6.08 Å². The molecule has 0 saturated heterocycles. The Morgan fingerprint density at radius 1 is 1.43 bits per heavy atom. The Labute approximate surface area is 174 Å². The number of aromatic nitrogens is 4. The Hall–Kier alpha value is -3.62. The van der Waals surface area contributed by atoms with Crippen LogP contribution < -0.4 is 15.8 Å². The number of amides is 1. The van der Waals surface area contributed by atoms with Gasteiger partial charge in [-0.3, -0.25) is 14.3 Å². The zero-order valence-electron chi connectivity index (χ0n) is 17.4. The van der Waals surface area contributed by atoms with Crippen LogP contribution in [0.15, 0.2) is 30.9 Å². The van der Waals surface area contributed by atoms with Crippen LogP contribution >= 0.6 is 0 Å². The Morgan fingerprint density at radius 2 is 2.20 bits per heavy atom. The highest BCUT2D eigenvalue weighted by molar-refractivity contribution is 5.99. The number of benzene rings is 1. The van der Waals surface area contributed by atoms with Crippen molar-refractivity contribution in [1.82, 2.24) is 19.3 Å². The minimum Gasteiger partial charge on any atom is -0.489 e. The topological polar surface area (TPSA) is 117 Å². The molecule has 1 amide bonds. The molecule has 0 bridgehead atoms. The molecule has 0 unspecified atom stereocenters. The first-order chi connectivity index (χ1) is 14.4. The van der Waals surface area contributed by atoms with Crippen molar-refractivity contribution < 1.29 is 14.3 Å². The summed E-state index contributed by atoms with van der Waals surface area (Å²) in [7, 11) is 1.82. The summed E-state index contributed by atoms with van der Waals surface area (Å²) < 4.78 is 9.55. The van der Waals surface area contributed by atoms with Crippen LogP contribution in [0.25, 0.3) is 11.0 Å². The summed E-state index contributed by atoms with van der Waals surface area (Å²) in [5.74, 6) is 0.907. The summed E-state index contributed by atoms with van der Waals surface area (Å²) >= 11 is 0. The second-order valence-electron chi connectivity index (χ2n) is 6.90. The lowest BCUT2D eigenvalue weighted by molar-refractivity contribution is 0.0999. The lowest BCUT2D eigenvalue weighted by Crippen LogP contribution is -2.23. The summed E-state index contributed by atoms with van der Waals surface area (Å²) in [6.45, 7) is 8.88. The molecule has 1 atom stereocenters.